The first-order valence-electron chi connectivity index (χ1n) is 7.90. The van der Waals surface area contributed by atoms with E-state index in [2.05, 4.69) is 9.71 Å². The molecule has 5 nitrogen and oxygen atoms in total. The molecule has 2 aromatic rings. The minimum atomic E-state index is -3.56. The Kier molecular flexibility index (Phi) is 5.08. The molecule has 1 N–H and O–H groups in total. The molecule has 0 bridgehead atoms. The quantitative estimate of drug-likeness (QED) is 0.900. The van der Waals surface area contributed by atoms with Crippen LogP contribution in [0.3, 0.4) is 0 Å². The first-order valence-corrected chi connectivity index (χ1v) is 9.72. The van der Waals surface area contributed by atoms with Crippen molar-refractivity contribution >= 4 is 27.6 Å². The molecule has 0 saturated carbocycles. The zero-order valence-corrected chi connectivity index (χ0v) is 15.0. The van der Waals surface area contributed by atoms with Crippen molar-refractivity contribution in [3.63, 3.8) is 0 Å². The lowest BCUT2D eigenvalue weighted by Crippen LogP contribution is -2.41. The molecule has 1 aliphatic heterocycles. The van der Waals surface area contributed by atoms with Crippen LogP contribution in [-0.4, -0.2) is 30.8 Å². The summed E-state index contributed by atoms with van der Waals surface area (Å²) in [6.07, 6.45) is 3.23. The lowest BCUT2D eigenvalue weighted by molar-refractivity contribution is 0.321. The van der Waals surface area contributed by atoms with Gasteiger partial charge in [-0.2, -0.15) is 12.7 Å². The Hall–Kier alpha value is -1.63. The average Bonchev–Trinajstić information content (AvgIpc) is 2.58. The van der Waals surface area contributed by atoms with Gasteiger partial charge in [0, 0.05) is 24.3 Å². The second kappa shape index (κ2) is 7.09. The van der Waals surface area contributed by atoms with Crippen molar-refractivity contribution in [3.05, 3.63) is 58.7 Å². The van der Waals surface area contributed by atoms with E-state index in [-0.39, 0.29) is 0 Å². The summed E-state index contributed by atoms with van der Waals surface area (Å²) >= 11 is 5.92. The Balaban J connectivity index is 1.62. The Morgan fingerprint density at radius 2 is 1.79 bits per heavy atom. The van der Waals surface area contributed by atoms with Crippen LogP contribution in [0.5, 0.6) is 0 Å². The van der Waals surface area contributed by atoms with Crippen LogP contribution in [-0.2, 0) is 10.2 Å². The number of piperidine rings is 1. The van der Waals surface area contributed by atoms with E-state index < -0.39 is 10.2 Å². The Labute approximate surface area is 147 Å². The minimum Gasteiger partial charge on any atom is -0.254 e. The predicted molar refractivity (Wildman–Crippen MR) is 96.5 cm³/mol. The normalized spacial score (nSPS) is 16.9. The number of aromatic nitrogens is 1. The number of hydrogen-bond donors (Lipinski definition) is 1. The van der Waals surface area contributed by atoms with E-state index in [0.717, 1.165) is 18.4 Å². The van der Waals surface area contributed by atoms with E-state index in [4.69, 9.17) is 11.6 Å². The molecule has 0 radical (unpaired) electrons. The molecule has 0 aliphatic carbocycles. The highest BCUT2D eigenvalue weighted by atomic mass is 35.5. The average molecular weight is 366 g/mol. The van der Waals surface area contributed by atoms with Crippen molar-refractivity contribution < 1.29 is 8.42 Å². The maximum atomic E-state index is 12.5. The Morgan fingerprint density at radius 1 is 1.12 bits per heavy atom. The molecule has 1 aromatic heterocycles. The van der Waals surface area contributed by atoms with E-state index in [1.165, 1.54) is 9.87 Å². The molecule has 0 amide bonds. The van der Waals surface area contributed by atoms with Gasteiger partial charge in [-0.3, -0.25) is 4.72 Å². The smallest absolute Gasteiger partial charge is 0.254 e. The largest absolute Gasteiger partial charge is 0.302 e. The summed E-state index contributed by atoms with van der Waals surface area (Å²) in [5.41, 5.74) is 2.20. The summed E-state index contributed by atoms with van der Waals surface area (Å²) in [5.74, 6) is 0.714. The minimum absolute atomic E-state index is 0.348. The maximum Gasteiger partial charge on any atom is 0.302 e. The zero-order valence-electron chi connectivity index (χ0n) is 13.4. The van der Waals surface area contributed by atoms with E-state index in [9.17, 15) is 8.42 Å². The summed E-state index contributed by atoms with van der Waals surface area (Å²) in [7, 11) is -3.56. The number of aryl methyl sites for hydroxylation is 1. The van der Waals surface area contributed by atoms with Gasteiger partial charge in [-0.25, -0.2) is 4.98 Å². The summed E-state index contributed by atoms with van der Waals surface area (Å²) in [6, 6.07) is 11.3. The molecular weight excluding hydrogens is 346 g/mol. The number of halogens is 1. The number of benzene rings is 1. The highest BCUT2D eigenvalue weighted by molar-refractivity contribution is 7.90. The second-order valence-corrected chi connectivity index (χ2v) is 8.16. The summed E-state index contributed by atoms with van der Waals surface area (Å²) in [4.78, 5) is 4.10. The van der Waals surface area contributed by atoms with Gasteiger partial charge >= 0.3 is 10.2 Å². The van der Waals surface area contributed by atoms with Gasteiger partial charge in [-0.05, 0) is 55.0 Å². The number of pyridine rings is 1. The highest BCUT2D eigenvalue weighted by Gasteiger charge is 2.28. The third-order valence-corrected chi connectivity index (χ3v) is 6.04. The molecule has 1 aliphatic rings. The first kappa shape index (κ1) is 17.2. The summed E-state index contributed by atoms with van der Waals surface area (Å²) in [6.45, 7) is 2.90. The highest BCUT2D eigenvalue weighted by Crippen LogP contribution is 2.30. The molecule has 2 heterocycles. The van der Waals surface area contributed by atoms with Crippen LogP contribution in [0.4, 0.5) is 5.82 Å². The fraction of sp³-hybridized carbons (Fsp3) is 0.353. The molecular formula is C17H20ClN3O2S. The molecule has 1 aromatic carbocycles. The fourth-order valence-corrected chi connectivity index (χ4v) is 4.22. The van der Waals surface area contributed by atoms with Crippen molar-refractivity contribution in [1.82, 2.24) is 9.29 Å². The lowest BCUT2D eigenvalue weighted by Gasteiger charge is -2.31. The predicted octanol–water partition coefficient (Wildman–Crippen LogP) is 3.58. The molecule has 0 unspecified atom stereocenters. The fourth-order valence-electron chi connectivity index (χ4n) is 2.89. The van der Waals surface area contributed by atoms with Crippen LogP contribution in [0.25, 0.3) is 0 Å². The number of rotatable bonds is 4. The zero-order chi connectivity index (χ0) is 17.2. The third kappa shape index (κ3) is 4.06. The first-order chi connectivity index (χ1) is 11.4. The number of nitrogens with zero attached hydrogens (tertiary/aromatic N) is 2. The van der Waals surface area contributed by atoms with Crippen molar-refractivity contribution in [1.29, 1.82) is 0 Å². The maximum absolute atomic E-state index is 12.5. The van der Waals surface area contributed by atoms with Crippen LogP contribution < -0.4 is 4.72 Å². The van der Waals surface area contributed by atoms with Gasteiger partial charge in [0.05, 0.1) is 0 Å². The van der Waals surface area contributed by atoms with Crippen LogP contribution in [0.1, 0.15) is 29.9 Å². The molecule has 3 rings (SSSR count). The van der Waals surface area contributed by atoms with Gasteiger partial charge in [0.2, 0.25) is 0 Å². The SMILES string of the molecule is Cc1ccc(NS(=O)(=O)N2CCC(c3ccc(Cl)cc3)CC2)nc1. The summed E-state index contributed by atoms with van der Waals surface area (Å²) < 4.78 is 29.0. The summed E-state index contributed by atoms with van der Waals surface area (Å²) in [5, 5.41) is 0.716. The molecule has 1 saturated heterocycles. The van der Waals surface area contributed by atoms with Crippen LogP contribution in [0.15, 0.2) is 42.6 Å². The molecule has 7 heteroatoms. The monoisotopic (exact) mass is 365 g/mol. The lowest BCUT2D eigenvalue weighted by atomic mass is 9.90. The topological polar surface area (TPSA) is 62.3 Å². The van der Waals surface area contributed by atoms with Crippen molar-refractivity contribution in [3.8, 4) is 0 Å². The molecule has 128 valence electrons. The standard InChI is InChI=1S/C17H20ClN3O2S/c1-13-2-7-17(19-12-13)20-24(22,23)21-10-8-15(9-11-21)14-3-5-16(18)6-4-14/h2-7,12,15H,8-11H2,1H3,(H,19,20). The van der Waals surface area contributed by atoms with E-state index >= 15 is 0 Å². The van der Waals surface area contributed by atoms with Crippen molar-refractivity contribution in [2.75, 3.05) is 17.8 Å². The van der Waals surface area contributed by atoms with Gasteiger partial charge in [-0.1, -0.05) is 29.8 Å². The molecule has 0 atom stereocenters. The van der Waals surface area contributed by atoms with Crippen molar-refractivity contribution in [2.45, 2.75) is 25.7 Å². The van der Waals surface area contributed by atoms with Gasteiger partial charge in [0.15, 0.2) is 0 Å². The van der Waals surface area contributed by atoms with Crippen LogP contribution >= 0.6 is 11.6 Å². The number of hydrogen-bond acceptors (Lipinski definition) is 3. The molecule has 24 heavy (non-hydrogen) atoms. The van der Waals surface area contributed by atoms with E-state index in [0.29, 0.717) is 29.8 Å². The molecule has 1 fully saturated rings. The van der Waals surface area contributed by atoms with Crippen LogP contribution in [0.2, 0.25) is 5.02 Å². The molecule has 0 spiro atoms. The van der Waals surface area contributed by atoms with Gasteiger partial charge in [-0.15, -0.1) is 0 Å². The number of anilines is 1. The van der Waals surface area contributed by atoms with E-state index in [1.807, 2.05) is 37.3 Å². The second-order valence-electron chi connectivity index (χ2n) is 6.05. The van der Waals surface area contributed by atoms with E-state index in [1.54, 1.807) is 12.3 Å². The van der Waals surface area contributed by atoms with Crippen molar-refractivity contribution in [2.24, 2.45) is 0 Å². The van der Waals surface area contributed by atoms with Crippen LogP contribution in [0, 0.1) is 6.92 Å². The Bertz CT molecular complexity index is 784. The number of nitrogens with one attached hydrogen (secondary N) is 1. The Morgan fingerprint density at radius 3 is 2.38 bits per heavy atom. The van der Waals surface area contributed by atoms with Gasteiger partial charge < -0.3 is 0 Å². The third-order valence-electron chi connectivity index (χ3n) is 4.28. The van der Waals surface area contributed by atoms with Gasteiger partial charge in [0.1, 0.15) is 5.82 Å². The van der Waals surface area contributed by atoms with Gasteiger partial charge in [0.25, 0.3) is 0 Å².